The zero-order chi connectivity index (χ0) is 16.2. The second-order valence-corrected chi connectivity index (χ2v) is 7.79. The fraction of sp³-hybridized carbons (Fsp3) is 0.571. The van der Waals surface area contributed by atoms with E-state index in [9.17, 15) is 12.8 Å². The maximum Gasteiger partial charge on any atom is 0.244 e. The van der Waals surface area contributed by atoms with Crippen LogP contribution in [0.5, 0.6) is 0 Å². The van der Waals surface area contributed by atoms with E-state index in [1.807, 2.05) is 14.1 Å². The standard InChI is InChI=1S/C14H22ClFN2O2S/c1-11-9-14(12(15)10-13(11)16)21(19,20)18(4)8-6-5-7-17(2)3/h9-10H,5-8H2,1-4H3. The number of benzene rings is 1. The summed E-state index contributed by atoms with van der Waals surface area (Å²) in [6.45, 7) is 2.83. The molecule has 0 N–H and O–H groups in total. The van der Waals surface area contributed by atoms with Crippen LogP contribution < -0.4 is 0 Å². The Morgan fingerprint density at radius 2 is 1.71 bits per heavy atom. The first-order chi connectivity index (χ1) is 9.66. The van der Waals surface area contributed by atoms with Crippen molar-refractivity contribution in [3.05, 3.63) is 28.5 Å². The molecule has 120 valence electrons. The van der Waals surface area contributed by atoms with Gasteiger partial charge < -0.3 is 4.90 Å². The van der Waals surface area contributed by atoms with Gasteiger partial charge in [-0.3, -0.25) is 0 Å². The van der Waals surface area contributed by atoms with Crippen LogP contribution in [0.3, 0.4) is 0 Å². The van der Waals surface area contributed by atoms with Gasteiger partial charge in [-0.05, 0) is 58.1 Å². The maximum atomic E-state index is 13.4. The van der Waals surface area contributed by atoms with Crippen molar-refractivity contribution in [2.75, 3.05) is 34.2 Å². The minimum Gasteiger partial charge on any atom is -0.309 e. The molecule has 0 unspecified atom stereocenters. The number of halogens is 2. The zero-order valence-electron chi connectivity index (χ0n) is 12.9. The highest BCUT2D eigenvalue weighted by Gasteiger charge is 2.24. The molecule has 0 spiro atoms. The lowest BCUT2D eigenvalue weighted by molar-refractivity contribution is 0.378. The quantitative estimate of drug-likeness (QED) is 0.719. The Hall–Kier alpha value is -0.690. The molecule has 7 heteroatoms. The first-order valence-electron chi connectivity index (χ1n) is 6.73. The van der Waals surface area contributed by atoms with Crippen molar-refractivity contribution < 1.29 is 12.8 Å². The first-order valence-corrected chi connectivity index (χ1v) is 8.54. The smallest absolute Gasteiger partial charge is 0.244 e. The van der Waals surface area contributed by atoms with E-state index in [-0.39, 0.29) is 15.5 Å². The number of aryl methyl sites for hydroxylation is 1. The molecule has 0 saturated carbocycles. The van der Waals surface area contributed by atoms with Gasteiger partial charge in [-0.2, -0.15) is 0 Å². The van der Waals surface area contributed by atoms with E-state index in [4.69, 9.17) is 11.6 Å². The van der Waals surface area contributed by atoms with Gasteiger partial charge in [0.15, 0.2) is 0 Å². The Bertz CT molecular complexity index is 591. The van der Waals surface area contributed by atoms with Crippen LogP contribution in [-0.2, 0) is 10.0 Å². The molecule has 0 amide bonds. The second-order valence-electron chi connectivity index (χ2n) is 5.37. The lowest BCUT2D eigenvalue weighted by Gasteiger charge is -2.19. The number of nitrogens with zero attached hydrogens (tertiary/aromatic N) is 2. The van der Waals surface area contributed by atoms with Crippen LogP contribution in [0.15, 0.2) is 17.0 Å². The lowest BCUT2D eigenvalue weighted by Crippen LogP contribution is -2.29. The molecule has 1 aromatic rings. The predicted octanol–water partition coefficient (Wildman–Crippen LogP) is 2.75. The van der Waals surface area contributed by atoms with Crippen LogP contribution in [0.4, 0.5) is 4.39 Å². The van der Waals surface area contributed by atoms with E-state index < -0.39 is 15.8 Å². The third-order valence-electron chi connectivity index (χ3n) is 3.23. The Kier molecular flexibility index (Phi) is 6.59. The van der Waals surface area contributed by atoms with Gasteiger partial charge in [0.1, 0.15) is 10.7 Å². The summed E-state index contributed by atoms with van der Waals surface area (Å²) in [5, 5.41) is -0.0850. The second kappa shape index (κ2) is 7.54. The minimum absolute atomic E-state index is 0.0434. The Morgan fingerprint density at radius 1 is 1.14 bits per heavy atom. The van der Waals surface area contributed by atoms with Gasteiger partial charge in [0.2, 0.25) is 10.0 Å². The minimum atomic E-state index is -3.69. The van der Waals surface area contributed by atoms with Crippen LogP contribution in [0, 0.1) is 12.7 Å². The van der Waals surface area contributed by atoms with Gasteiger partial charge in [-0.25, -0.2) is 17.1 Å². The summed E-state index contributed by atoms with van der Waals surface area (Å²) in [4.78, 5) is 2.01. The SMILES string of the molecule is Cc1cc(S(=O)(=O)N(C)CCCCN(C)C)c(Cl)cc1F. The Morgan fingerprint density at radius 3 is 2.29 bits per heavy atom. The normalized spacial score (nSPS) is 12.4. The number of hydrogen-bond acceptors (Lipinski definition) is 3. The van der Waals surface area contributed by atoms with Crippen LogP contribution in [0.1, 0.15) is 18.4 Å². The van der Waals surface area contributed by atoms with Gasteiger partial charge >= 0.3 is 0 Å². The van der Waals surface area contributed by atoms with Crippen LogP contribution in [0.2, 0.25) is 5.02 Å². The van der Waals surface area contributed by atoms with Crippen molar-refractivity contribution in [3.63, 3.8) is 0 Å². The van der Waals surface area contributed by atoms with Crippen molar-refractivity contribution >= 4 is 21.6 Å². The molecule has 0 heterocycles. The average Bonchev–Trinajstić information content (AvgIpc) is 2.38. The topological polar surface area (TPSA) is 40.6 Å². The fourth-order valence-corrected chi connectivity index (χ4v) is 3.66. The zero-order valence-corrected chi connectivity index (χ0v) is 14.4. The Labute approximate surface area is 131 Å². The van der Waals surface area contributed by atoms with Gasteiger partial charge in [0.25, 0.3) is 0 Å². The lowest BCUT2D eigenvalue weighted by atomic mass is 10.2. The maximum absolute atomic E-state index is 13.4. The van der Waals surface area contributed by atoms with Gasteiger partial charge in [0.05, 0.1) is 5.02 Å². The first kappa shape index (κ1) is 18.4. The molecule has 4 nitrogen and oxygen atoms in total. The molecule has 0 radical (unpaired) electrons. The molecular formula is C14H22ClFN2O2S. The summed E-state index contributed by atoms with van der Waals surface area (Å²) in [5.74, 6) is -0.507. The molecule has 0 atom stereocenters. The number of unbranched alkanes of at least 4 members (excludes halogenated alkanes) is 1. The molecule has 21 heavy (non-hydrogen) atoms. The monoisotopic (exact) mass is 336 g/mol. The summed E-state index contributed by atoms with van der Waals surface area (Å²) < 4.78 is 39.5. The van der Waals surface area contributed by atoms with Crippen molar-refractivity contribution in [2.45, 2.75) is 24.7 Å². The largest absolute Gasteiger partial charge is 0.309 e. The van der Waals surface area contributed by atoms with Gasteiger partial charge in [-0.1, -0.05) is 11.6 Å². The molecule has 0 bridgehead atoms. The highest BCUT2D eigenvalue weighted by molar-refractivity contribution is 7.89. The van der Waals surface area contributed by atoms with E-state index in [0.717, 1.165) is 25.5 Å². The highest BCUT2D eigenvalue weighted by atomic mass is 35.5. The van der Waals surface area contributed by atoms with Crippen molar-refractivity contribution in [1.82, 2.24) is 9.21 Å². The summed E-state index contributed by atoms with van der Waals surface area (Å²) in [5.41, 5.74) is 0.263. The summed E-state index contributed by atoms with van der Waals surface area (Å²) >= 11 is 5.88. The van der Waals surface area contributed by atoms with Crippen molar-refractivity contribution in [3.8, 4) is 0 Å². The summed E-state index contributed by atoms with van der Waals surface area (Å²) in [6.07, 6.45) is 1.66. The molecule has 0 aliphatic carbocycles. The third kappa shape index (κ3) is 4.92. The number of rotatable bonds is 7. The third-order valence-corrected chi connectivity index (χ3v) is 5.55. The van der Waals surface area contributed by atoms with E-state index in [2.05, 4.69) is 4.90 Å². The molecule has 0 aromatic heterocycles. The van der Waals surface area contributed by atoms with E-state index >= 15 is 0 Å². The number of hydrogen-bond donors (Lipinski definition) is 0. The predicted molar refractivity (Wildman–Crippen MR) is 83.8 cm³/mol. The molecule has 0 aliphatic rings. The highest BCUT2D eigenvalue weighted by Crippen LogP contribution is 2.27. The van der Waals surface area contributed by atoms with Crippen molar-refractivity contribution in [1.29, 1.82) is 0 Å². The molecule has 0 aliphatic heterocycles. The van der Waals surface area contributed by atoms with E-state index in [0.29, 0.717) is 6.54 Å². The van der Waals surface area contributed by atoms with Gasteiger partial charge in [-0.15, -0.1) is 0 Å². The van der Waals surface area contributed by atoms with Crippen LogP contribution >= 0.6 is 11.6 Å². The van der Waals surface area contributed by atoms with E-state index in [1.165, 1.54) is 24.3 Å². The van der Waals surface area contributed by atoms with Crippen LogP contribution in [0.25, 0.3) is 0 Å². The average molecular weight is 337 g/mol. The Balaban J connectivity index is 2.83. The summed E-state index contributed by atoms with van der Waals surface area (Å²) in [6, 6.07) is 2.33. The van der Waals surface area contributed by atoms with E-state index in [1.54, 1.807) is 0 Å². The molecule has 0 fully saturated rings. The molecule has 0 saturated heterocycles. The fourth-order valence-electron chi connectivity index (χ4n) is 1.88. The van der Waals surface area contributed by atoms with Gasteiger partial charge in [0, 0.05) is 13.6 Å². The molecule has 1 rings (SSSR count). The molecule has 1 aromatic carbocycles. The summed E-state index contributed by atoms with van der Waals surface area (Å²) in [7, 11) is 1.77. The number of sulfonamides is 1. The van der Waals surface area contributed by atoms with Crippen LogP contribution in [-0.4, -0.2) is 51.9 Å². The molecular weight excluding hydrogens is 315 g/mol. The van der Waals surface area contributed by atoms with Crippen molar-refractivity contribution in [2.24, 2.45) is 0 Å².